The van der Waals surface area contributed by atoms with Gasteiger partial charge in [0.25, 0.3) is 0 Å². The molecule has 0 fully saturated rings. The van der Waals surface area contributed by atoms with E-state index in [-0.39, 0.29) is 11.5 Å². The fraction of sp³-hybridized carbons (Fsp3) is 0.200. The highest BCUT2D eigenvalue weighted by atomic mass is 19.1. The van der Waals surface area contributed by atoms with Gasteiger partial charge in [0.1, 0.15) is 11.6 Å². The number of halogens is 2. The van der Waals surface area contributed by atoms with Crippen molar-refractivity contribution >= 4 is 11.4 Å². The molecule has 0 unspecified atom stereocenters. The Balaban J connectivity index is 2.08. The fourth-order valence-corrected chi connectivity index (χ4v) is 1.97. The standard InChI is InChI=1S/C15H16F2N2/c1-19(14-8-4-7-13(17)15(14)18)10-9-11-5-2-3-6-12(11)16/h2-8H,9-10,18H2,1H3. The number of anilines is 2. The van der Waals surface area contributed by atoms with Gasteiger partial charge in [0, 0.05) is 13.6 Å². The van der Waals surface area contributed by atoms with Crippen LogP contribution in [-0.4, -0.2) is 13.6 Å². The molecule has 100 valence electrons. The normalized spacial score (nSPS) is 10.5. The summed E-state index contributed by atoms with van der Waals surface area (Å²) in [5, 5.41) is 0. The summed E-state index contributed by atoms with van der Waals surface area (Å²) in [5.41, 5.74) is 7.08. The second-order valence-corrected chi connectivity index (χ2v) is 4.44. The Hall–Kier alpha value is -2.10. The van der Waals surface area contributed by atoms with Crippen LogP contribution in [0.15, 0.2) is 42.5 Å². The van der Waals surface area contributed by atoms with Crippen LogP contribution in [0.4, 0.5) is 20.2 Å². The number of nitrogens with zero attached hydrogens (tertiary/aromatic N) is 1. The van der Waals surface area contributed by atoms with Crippen LogP contribution in [0.2, 0.25) is 0 Å². The predicted octanol–water partition coefficient (Wildman–Crippen LogP) is 3.23. The lowest BCUT2D eigenvalue weighted by Crippen LogP contribution is -2.22. The van der Waals surface area contributed by atoms with Gasteiger partial charge < -0.3 is 10.6 Å². The minimum atomic E-state index is -0.435. The van der Waals surface area contributed by atoms with E-state index >= 15 is 0 Å². The molecule has 19 heavy (non-hydrogen) atoms. The minimum absolute atomic E-state index is 0.124. The summed E-state index contributed by atoms with van der Waals surface area (Å²) in [6.07, 6.45) is 0.541. The van der Waals surface area contributed by atoms with Crippen LogP contribution in [0.5, 0.6) is 0 Å². The lowest BCUT2D eigenvalue weighted by Gasteiger charge is -2.21. The van der Waals surface area contributed by atoms with Gasteiger partial charge in [-0.15, -0.1) is 0 Å². The van der Waals surface area contributed by atoms with Crippen molar-refractivity contribution in [2.75, 3.05) is 24.2 Å². The molecular formula is C15H16F2N2. The number of benzene rings is 2. The highest BCUT2D eigenvalue weighted by Gasteiger charge is 2.09. The third-order valence-corrected chi connectivity index (χ3v) is 3.12. The van der Waals surface area contributed by atoms with E-state index in [1.807, 2.05) is 11.9 Å². The first kappa shape index (κ1) is 13.3. The van der Waals surface area contributed by atoms with Gasteiger partial charge in [-0.3, -0.25) is 0 Å². The number of hydrogen-bond donors (Lipinski definition) is 1. The Kier molecular flexibility index (Phi) is 4.00. The maximum Gasteiger partial charge on any atom is 0.148 e. The van der Waals surface area contributed by atoms with Crippen molar-refractivity contribution < 1.29 is 8.78 Å². The Morgan fingerprint density at radius 2 is 1.68 bits per heavy atom. The first-order valence-corrected chi connectivity index (χ1v) is 6.08. The molecular weight excluding hydrogens is 246 g/mol. The van der Waals surface area contributed by atoms with E-state index in [1.165, 1.54) is 12.1 Å². The van der Waals surface area contributed by atoms with Gasteiger partial charge in [-0.25, -0.2) is 8.78 Å². The number of nitrogens with two attached hydrogens (primary N) is 1. The summed E-state index contributed by atoms with van der Waals surface area (Å²) in [4.78, 5) is 1.82. The van der Waals surface area contributed by atoms with Crippen molar-refractivity contribution in [2.24, 2.45) is 0 Å². The van der Waals surface area contributed by atoms with Gasteiger partial charge in [0.05, 0.1) is 11.4 Å². The molecule has 0 atom stereocenters. The molecule has 0 radical (unpaired) electrons. The van der Waals surface area contributed by atoms with E-state index in [0.29, 0.717) is 24.2 Å². The zero-order valence-electron chi connectivity index (χ0n) is 10.7. The fourth-order valence-electron chi connectivity index (χ4n) is 1.97. The molecule has 0 bridgehead atoms. The van der Waals surface area contributed by atoms with Gasteiger partial charge in [0.15, 0.2) is 0 Å². The Morgan fingerprint density at radius 1 is 1.00 bits per heavy atom. The van der Waals surface area contributed by atoms with Crippen molar-refractivity contribution in [3.63, 3.8) is 0 Å². The largest absolute Gasteiger partial charge is 0.395 e. The molecule has 2 nitrogen and oxygen atoms in total. The average molecular weight is 262 g/mol. The summed E-state index contributed by atoms with van der Waals surface area (Å²) in [6, 6.07) is 11.3. The predicted molar refractivity (Wildman–Crippen MR) is 74.2 cm³/mol. The SMILES string of the molecule is CN(CCc1ccccc1F)c1cccc(F)c1N. The number of nitrogen functional groups attached to an aromatic ring is 1. The molecule has 2 aromatic carbocycles. The van der Waals surface area contributed by atoms with Crippen LogP contribution in [0.25, 0.3) is 0 Å². The molecule has 0 aliphatic heterocycles. The number of rotatable bonds is 4. The maximum absolute atomic E-state index is 13.5. The topological polar surface area (TPSA) is 29.3 Å². The second-order valence-electron chi connectivity index (χ2n) is 4.44. The van der Waals surface area contributed by atoms with Gasteiger partial charge >= 0.3 is 0 Å². The number of para-hydroxylation sites is 1. The molecule has 0 aliphatic carbocycles. The minimum Gasteiger partial charge on any atom is -0.395 e. The molecule has 2 rings (SSSR count). The van der Waals surface area contributed by atoms with Gasteiger partial charge in [-0.1, -0.05) is 24.3 Å². The Morgan fingerprint density at radius 3 is 2.42 bits per heavy atom. The molecule has 4 heteroatoms. The van der Waals surface area contributed by atoms with Crippen LogP contribution in [0.3, 0.4) is 0 Å². The second kappa shape index (κ2) is 5.69. The Bertz CT molecular complexity index is 570. The maximum atomic E-state index is 13.5. The van der Waals surface area contributed by atoms with Crippen molar-refractivity contribution in [3.8, 4) is 0 Å². The van der Waals surface area contributed by atoms with E-state index in [0.717, 1.165) is 0 Å². The molecule has 2 N–H and O–H groups in total. The first-order valence-electron chi connectivity index (χ1n) is 6.08. The summed E-state index contributed by atoms with van der Waals surface area (Å²) in [6.45, 7) is 0.564. The van der Waals surface area contributed by atoms with Crippen LogP contribution in [-0.2, 0) is 6.42 Å². The van der Waals surface area contributed by atoms with E-state index in [9.17, 15) is 8.78 Å². The third kappa shape index (κ3) is 3.02. The van der Waals surface area contributed by atoms with Crippen molar-refractivity contribution in [1.82, 2.24) is 0 Å². The molecule has 0 aliphatic rings. The van der Waals surface area contributed by atoms with E-state index in [2.05, 4.69) is 0 Å². The summed E-state index contributed by atoms with van der Waals surface area (Å²) < 4.78 is 26.8. The Labute approximate surface area is 111 Å². The van der Waals surface area contributed by atoms with Crippen LogP contribution < -0.4 is 10.6 Å². The summed E-state index contributed by atoms with van der Waals surface area (Å²) in [5.74, 6) is -0.654. The van der Waals surface area contributed by atoms with Crippen LogP contribution in [0.1, 0.15) is 5.56 Å². The van der Waals surface area contributed by atoms with Crippen LogP contribution in [0, 0.1) is 11.6 Å². The smallest absolute Gasteiger partial charge is 0.148 e. The first-order chi connectivity index (χ1) is 9.09. The van der Waals surface area contributed by atoms with E-state index < -0.39 is 5.82 Å². The molecule has 0 aromatic heterocycles. The lowest BCUT2D eigenvalue weighted by atomic mass is 10.1. The van der Waals surface area contributed by atoms with Gasteiger partial charge in [0.2, 0.25) is 0 Å². The zero-order valence-corrected chi connectivity index (χ0v) is 10.7. The monoisotopic (exact) mass is 262 g/mol. The number of hydrogen-bond acceptors (Lipinski definition) is 2. The molecule has 2 aromatic rings. The molecule has 0 spiro atoms. The van der Waals surface area contributed by atoms with Crippen molar-refractivity contribution in [3.05, 3.63) is 59.7 Å². The summed E-state index contributed by atoms with van der Waals surface area (Å²) in [7, 11) is 1.81. The van der Waals surface area contributed by atoms with Gasteiger partial charge in [-0.2, -0.15) is 0 Å². The highest BCUT2D eigenvalue weighted by Crippen LogP contribution is 2.24. The van der Waals surface area contributed by atoms with Gasteiger partial charge in [-0.05, 0) is 30.2 Å². The van der Waals surface area contributed by atoms with Crippen molar-refractivity contribution in [2.45, 2.75) is 6.42 Å². The van der Waals surface area contributed by atoms with Crippen LogP contribution >= 0.6 is 0 Å². The molecule has 0 saturated heterocycles. The molecule has 0 amide bonds. The van der Waals surface area contributed by atoms with E-state index in [1.54, 1.807) is 30.3 Å². The zero-order chi connectivity index (χ0) is 13.8. The molecule has 0 saturated carbocycles. The molecule has 0 heterocycles. The quantitative estimate of drug-likeness (QED) is 0.857. The summed E-state index contributed by atoms with van der Waals surface area (Å²) >= 11 is 0. The lowest BCUT2D eigenvalue weighted by molar-refractivity contribution is 0.608. The van der Waals surface area contributed by atoms with E-state index in [4.69, 9.17) is 5.73 Å². The van der Waals surface area contributed by atoms with Crippen molar-refractivity contribution in [1.29, 1.82) is 0 Å². The highest BCUT2D eigenvalue weighted by molar-refractivity contribution is 5.67. The number of likely N-dealkylation sites (N-methyl/N-ethyl adjacent to an activating group) is 1. The average Bonchev–Trinajstić information content (AvgIpc) is 2.40. The third-order valence-electron chi connectivity index (χ3n) is 3.12.